The third kappa shape index (κ3) is 2.60. The first-order chi connectivity index (χ1) is 7.75. The summed E-state index contributed by atoms with van der Waals surface area (Å²) in [6.45, 7) is 0.941. The number of hydrogen-bond acceptors (Lipinski definition) is 3. The van der Waals surface area contributed by atoms with Crippen LogP contribution in [0.2, 0.25) is 0 Å². The fourth-order valence-corrected chi connectivity index (χ4v) is 1.29. The minimum Gasteiger partial charge on any atom is -0.306 e. The monoisotopic (exact) mass is 224 g/mol. The van der Waals surface area contributed by atoms with Crippen LogP contribution in [-0.2, 0) is 13.1 Å². The molecule has 0 radical (unpaired) electrons. The third-order valence-electron chi connectivity index (χ3n) is 2.07. The molecule has 0 amide bonds. The molecule has 0 fully saturated rings. The highest BCUT2D eigenvalue weighted by Crippen LogP contribution is 2.08. The van der Waals surface area contributed by atoms with Gasteiger partial charge in [0.2, 0.25) is 0 Å². The molecule has 0 saturated carbocycles. The fraction of sp³-hybridized carbons (Fsp3) is 0.200. The van der Waals surface area contributed by atoms with Crippen molar-refractivity contribution >= 4 is 0 Å². The van der Waals surface area contributed by atoms with Gasteiger partial charge in [-0.25, -0.2) is 13.8 Å². The Kier molecular flexibility index (Phi) is 3.21. The highest BCUT2D eigenvalue weighted by Gasteiger charge is 2.02. The van der Waals surface area contributed by atoms with Crippen LogP contribution < -0.4 is 5.32 Å². The molecule has 2 aromatic rings. The third-order valence-corrected chi connectivity index (χ3v) is 2.07. The summed E-state index contributed by atoms with van der Waals surface area (Å²) in [6.07, 6.45) is 1.41. The Labute approximate surface area is 90.7 Å². The number of rotatable bonds is 4. The topological polar surface area (TPSA) is 53.6 Å². The SMILES string of the molecule is Fc1ccc(CNCc2ncn[nH]2)cc1F. The number of benzene rings is 1. The van der Waals surface area contributed by atoms with Crippen LogP contribution in [0.25, 0.3) is 0 Å². The van der Waals surface area contributed by atoms with E-state index in [1.54, 1.807) is 0 Å². The van der Waals surface area contributed by atoms with Crippen molar-refractivity contribution in [1.82, 2.24) is 20.5 Å². The van der Waals surface area contributed by atoms with E-state index in [-0.39, 0.29) is 0 Å². The lowest BCUT2D eigenvalue weighted by Crippen LogP contribution is -2.14. The molecule has 0 bridgehead atoms. The lowest BCUT2D eigenvalue weighted by Gasteiger charge is -2.03. The predicted octanol–water partition coefficient (Wildman–Crippen LogP) is 1.37. The van der Waals surface area contributed by atoms with E-state index >= 15 is 0 Å². The van der Waals surface area contributed by atoms with Crippen LogP contribution in [0.5, 0.6) is 0 Å². The Bertz CT molecular complexity index is 456. The van der Waals surface area contributed by atoms with E-state index in [9.17, 15) is 8.78 Å². The molecule has 16 heavy (non-hydrogen) atoms. The number of H-pyrrole nitrogens is 1. The standard InChI is InChI=1S/C10H10F2N4/c11-8-2-1-7(3-9(8)12)4-13-5-10-14-6-15-16-10/h1-3,6,13H,4-5H2,(H,14,15,16). The molecule has 0 spiro atoms. The number of nitrogens with zero attached hydrogens (tertiary/aromatic N) is 2. The molecule has 0 atom stereocenters. The molecule has 1 aromatic heterocycles. The Hall–Kier alpha value is -1.82. The van der Waals surface area contributed by atoms with E-state index < -0.39 is 11.6 Å². The van der Waals surface area contributed by atoms with Gasteiger partial charge in [0.15, 0.2) is 11.6 Å². The van der Waals surface area contributed by atoms with Gasteiger partial charge in [0.05, 0.1) is 6.54 Å². The fourth-order valence-electron chi connectivity index (χ4n) is 1.29. The first kappa shape index (κ1) is 10.7. The number of halogens is 2. The van der Waals surface area contributed by atoms with Crippen molar-refractivity contribution in [3.8, 4) is 0 Å². The maximum absolute atomic E-state index is 12.8. The lowest BCUT2D eigenvalue weighted by molar-refractivity contribution is 0.506. The van der Waals surface area contributed by atoms with Crippen LogP contribution in [0.1, 0.15) is 11.4 Å². The van der Waals surface area contributed by atoms with Gasteiger partial charge in [-0.1, -0.05) is 6.07 Å². The number of nitrogens with one attached hydrogen (secondary N) is 2. The van der Waals surface area contributed by atoms with E-state index in [2.05, 4.69) is 20.5 Å². The van der Waals surface area contributed by atoms with Gasteiger partial charge < -0.3 is 5.32 Å². The highest BCUT2D eigenvalue weighted by atomic mass is 19.2. The zero-order valence-corrected chi connectivity index (χ0v) is 8.37. The number of aromatic amines is 1. The Morgan fingerprint density at radius 1 is 1.19 bits per heavy atom. The zero-order valence-electron chi connectivity index (χ0n) is 8.37. The van der Waals surface area contributed by atoms with Crippen molar-refractivity contribution in [2.45, 2.75) is 13.1 Å². The van der Waals surface area contributed by atoms with Gasteiger partial charge in [-0.3, -0.25) is 5.10 Å². The first-order valence-electron chi connectivity index (χ1n) is 4.74. The predicted molar refractivity (Wildman–Crippen MR) is 53.3 cm³/mol. The Morgan fingerprint density at radius 2 is 2.06 bits per heavy atom. The molecule has 84 valence electrons. The van der Waals surface area contributed by atoms with E-state index in [0.29, 0.717) is 24.5 Å². The van der Waals surface area contributed by atoms with Gasteiger partial charge >= 0.3 is 0 Å². The lowest BCUT2D eigenvalue weighted by atomic mass is 10.2. The highest BCUT2D eigenvalue weighted by molar-refractivity contribution is 5.17. The minimum absolute atomic E-state index is 0.442. The van der Waals surface area contributed by atoms with Gasteiger partial charge in [0.25, 0.3) is 0 Å². The van der Waals surface area contributed by atoms with Crippen molar-refractivity contribution in [3.63, 3.8) is 0 Å². The second-order valence-electron chi connectivity index (χ2n) is 3.28. The molecule has 2 rings (SSSR count). The minimum atomic E-state index is -0.834. The zero-order chi connectivity index (χ0) is 11.4. The maximum Gasteiger partial charge on any atom is 0.159 e. The van der Waals surface area contributed by atoms with Crippen LogP contribution in [0.15, 0.2) is 24.5 Å². The molecule has 4 nitrogen and oxygen atoms in total. The van der Waals surface area contributed by atoms with Crippen LogP contribution in [0, 0.1) is 11.6 Å². The van der Waals surface area contributed by atoms with Crippen molar-refractivity contribution in [1.29, 1.82) is 0 Å². The van der Waals surface area contributed by atoms with E-state index in [1.807, 2.05) is 0 Å². The van der Waals surface area contributed by atoms with Crippen LogP contribution in [0.3, 0.4) is 0 Å². The molecular formula is C10H10F2N4. The molecule has 0 aliphatic carbocycles. The van der Waals surface area contributed by atoms with Crippen molar-refractivity contribution in [2.75, 3.05) is 0 Å². The summed E-state index contributed by atoms with van der Waals surface area (Å²) in [5.74, 6) is -0.972. The van der Waals surface area contributed by atoms with Crippen LogP contribution in [-0.4, -0.2) is 15.2 Å². The van der Waals surface area contributed by atoms with Gasteiger partial charge in [0.1, 0.15) is 12.2 Å². The molecule has 0 unspecified atom stereocenters. The maximum atomic E-state index is 12.8. The summed E-state index contributed by atoms with van der Waals surface area (Å²) in [4.78, 5) is 3.92. The summed E-state index contributed by atoms with van der Waals surface area (Å²) in [7, 11) is 0. The van der Waals surface area contributed by atoms with Crippen molar-refractivity contribution in [2.24, 2.45) is 0 Å². The quantitative estimate of drug-likeness (QED) is 0.824. The van der Waals surface area contributed by atoms with Crippen molar-refractivity contribution in [3.05, 3.63) is 47.5 Å². The first-order valence-corrected chi connectivity index (χ1v) is 4.74. The molecule has 2 N–H and O–H groups in total. The van der Waals surface area contributed by atoms with Crippen LogP contribution in [0.4, 0.5) is 8.78 Å². The van der Waals surface area contributed by atoms with Crippen LogP contribution >= 0.6 is 0 Å². The normalized spacial score (nSPS) is 10.6. The van der Waals surface area contributed by atoms with Gasteiger partial charge in [-0.05, 0) is 17.7 Å². The Balaban J connectivity index is 1.87. The summed E-state index contributed by atoms with van der Waals surface area (Å²) >= 11 is 0. The smallest absolute Gasteiger partial charge is 0.159 e. The van der Waals surface area contributed by atoms with Crippen molar-refractivity contribution < 1.29 is 8.78 Å². The number of aromatic nitrogens is 3. The molecule has 0 saturated heterocycles. The second kappa shape index (κ2) is 4.80. The number of hydrogen-bond donors (Lipinski definition) is 2. The molecule has 6 heteroatoms. The second-order valence-corrected chi connectivity index (χ2v) is 3.28. The largest absolute Gasteiger partial charge is 0.306 e. The van der Waals surface area contributed by atoms with Gasteiger partial charge in [-0.2, -0.15) is 5.10 Å². The summed E-state index contributed by atoms with van der Waals surface area (Å²) in [6, 6.07) is 3.81. The van der Waals surface area contributed by atoms with E-state index in [1.165, 1.54) is 18.5 Å². The average Bonchev–Trinajstić information content (AvgIpc) is 2.76. The molecule has 0 aliphatic rings. The molecule has 0 aliphatic heterocycles. The van der Waals surface area contributed by atoms with Gasteiger partial charge in [0, 0.05) is 6.54 Å². The molecule has 1 aromatic carbocycles. The van der Waals surface area contributed by atoms with E-state index in [0.717, 1.165) is 6.07 Å². The summed E-state index contributed by atoms with van der Waals surface area (Å²) < 4.78 is 25.5. The van der Waals surface area contributed by atoms with Gasteiger partial charge in [-0.15, -0.1) is 0 Å². The summed E-state index contributed by atoms with van der Waals surface area (Å²) in [5.41, 5.74) is 0.679. The summed E-state index contributed by atoms with van der Waals surface area (Å²) in [5, 5.41) is 9.40. The van der Waals surface area contributed by atoms with E-state index in [4.69, 9.17) is 0 Å². The molecular weight excluding hydrogens is 214 g/mol. The Morgan fingerprint density at radius 3 is 2.75 bits per heavy atom. The molecule has 1 heterocycles. The average molecular weight is 224 g/mol.